The van der Waals surface area contributed by atoms with Gasteiger partial charge < -0.3 is 18.3 Å². The molecule has 0 atom stereocenters. The highest BCUT2D eigenvalue weighted by molar-refractivity contribution is 6.69. The Morgan fingerprint density at radius 3 is 1.45 bits per heavy atom. The lowest BCUT2D eigenvalue weighted by molar-refractivity contribution is -0.138. The number of benzene rings is 2. The van der Waals surface area contributed by atoms with Crippen molar-refractivity contribution in [2.75, 3.05) is 13.2 Å². The summed E-state index contributed by atoms with van der Waals surface area (Å²) in [5.74, 6) is 0.705. The zero-order valence-electron chi connectivity index (χ0n) is 19.3. The predicted octanol–water partition coefficient (Wildman–Crippen LogP) is 5.61. The van der Waals surface area contributed by atoms with Crippen molar-refractivity contribution in [1.82, 2.24) is 0 Å². The van der Waals surface area contributed by atoms with E-state index < -0.39 is 8.56 Å². The topological polar surface area (TPSA) is 71.1 Å². The van der Waals surface area contributed by atoms with Crippen LogP contribution in [0, 0.1) is 0 Å². The maximum Gasteiger partial charge on any atom is 0.460 e. The summed E-state index contributed by atoms with van der Waals surface area (Å²) in [4.78, 5) is 23.3. The van der Waals surface area contributed by atoms with Crippen LogP contribution in [0.5, 0.6) is 11.5 Å². The van der Waals surface area contributed by atoms with E-state index in [1.54, 1.807) is 26.0 Å². The van der Waals surface area contributed by atoms with Crippen molar-refractivity contribution >= 4 is 20.5 Å². The minimum Gasteiger partial charge on any atom is -0.512 e. The Morgan fingerprint density at radius 2 is 1.09 bits per heavy atom. The molecule has 7 heteroatoms. The summed E-state index contributed by atoms with van der Waals surface area (Å²) < 4.78 is 23.6. The van der Waals surface area contributed by atoms with Crippen LogP contribution in [0.15, 0.2) is 85.0 Å². The summed E-state index contributed by atoms with van der Waals surface area (Å²) in [5, 5.41) is 0. The van der Waals surface area contributed by atoms with Crippen molar-refractivity contribution in [3.05, 3.63) is 85.0 Å². The second kappa shape index (κ2) is 14.7. The Balaban J connectivity index is 2.16. The third kappa shape index (κ3) is 10.2. The molecule has 0 N–H and O–H groups in total. The average Bonchev–Trinajstić information content (AvgIpc) is 2.81. The van der Waals surface area contributed by atoms with Gasteiger partial charge in [-0.15, -0.1) is 0 Å². The van der Waals surface area contributed by atoms with Gasteiger partial charge >= 0.3 is 20.5 Å². The fourth-order valence-corrected chi connectivity index (χ4v) is 6.35. The Bertz CT molecular complexity index is 820. The van der Waals surface area contributed by atoms with Gasteiger partial charge in [-0.25, -0.2) is 9.59 Å². The van der Waals surface area contributed by atoms with E-state index in [0.29, 0.717) is 24.9 Å². The van der Waals surface area contributed by atoms with Crippen LogP contribution < -0.4 is 8.85 Å². The molecule has 0 aliphatic heterocycles. The van der Waals surface area contributed by atoms with E-state index in [-0.39, 0.29) is 25.2 Å². The van der Waals surface area contributed by atoms with E-state index >= 15 is 0 Å². The molecular formula is C26H32O6Si. The van der Waals surface area contributed by atoms with Crippen molar-refractivity contribution in [1.29, 1.82) is 0 Å². The fourth-order valence-electron chi connectivity index (χ4n) is 3.15. The largest absolute Gasteiger partial charge is 0.512 e. The van der Waals surface area contributed by atoms with Crippen LogP contribution in [0.4, 0.5) is 0 Å². The third-order valence-electron chi connectivity index (χ3n) is 4.59. The summed E-state index contributed by atoms with van der Waals surface area (Å²) in [6.45, 7) is 4.07. The highest BCUT2D eigenvalue weighted by Gasteiger charge is 2.41. The number of carbonyl (C=O) groups is 2. The van der Waals surface area contributed by atoms with Gasteiger partial charge in [0, 0.05) is 24.2 Å². The second-order valence-corrected chi connectivity index (χ2v) is 10.5. The van der Waals surface area contributed by atoms with Gasteiger partial charge in [-0.2, -0.15) is 0 Å². The maximum atomic E-state index is 11.7. The first-order valence-corrected chi connectivity index (χ1v) is 13.4. The fraction of sp³-hybridized carbons (Fsp3) is 0.308. The van der Waals surface area contributed by atoms with E-state index in [0.717, 1.165) is 11.5 Å². The molecule has 0 aliphatic rings. The highest BCUT2D eigenvalue weighted by Crippen LogP contribution is 2.28. The minimum atomic E-state index is -2.88. The van der Waals surface area contributed by atoms with Crippen LogP contribution in [-0.2, 0) is 19.1 Å². The van der Waals surface area contributed by atoms with Crippen molar-refractivity contribution in [2.24, 2.45) is 0 Å². The van der Waals surface area contributed by atoms with Gasteiger partial charge in [-0.05, 0) is 51.0 Å². The van der Waals surface area contributed by atoms with Crippen molar-refractivity contribution in [3.8, 4) is 11.5 Å². The predicted molar refractivity (Wildman–Crippen MR) is 130 cm³/mol. The molecule has 176 valence electrons. The molecule has 0 spiro atoms. The van der Waals surface area contributed by atoms with Gasteiger partial charge in [0.2, 0.25) is 0 Å². The lowest BCUT2D eigenvalue weighted by atomic mass is 10.3. The van der Waals surface area contributed by atoms with Crippen molar-refractivity contribution in [2.45, 2.75) is 38.8 Å². The molecule has 2 aromatic rings. The van der Waals surface area contributed by atoms with Gasteiger partial charge in [0.15, 0.2) is 0 Å². The SMILES string of the molecule is CC=CC(=O)OCCC[Si](CCCOC(=O)C=CC)(Oc1ccccc1)Oc1ccccc1. The minimum absolute atomic E-state index is 0.268. The van der Waals surface area contributed by atoms with Crippen LogP contribution in [0.25, 0.3) is 0 Å². The van der Waals surface area contributed by atoms with E-state index in [4.69, 9.17) is 18.3 Å². The molecule has 0 aromatic heterocycles. The molecule has 0 saturated heterocycles. The summed E-state index contributed by atoms with van der Waals surface area (Å²) in [7, 11) is -2.88. The van der Waals surface area contributed by atoms with Crippen LogP contribution in [0.2, 0.25) is 12.1 Å². The Kier molecular flexibility index (Phi) is 11.5. The number of para-hydroxylation sites is 2. The van der Waals surface area contributed by atoms with Crippen molar-refractivity contribution < 1.29 is 27.9 Å². The molecule has 0 aliphatic carbocycles. The molecule has 6 nitrogen and oxygen atoms in total. The lowest BCUT2D eigenvalue weighted by Gasteiger charge is -2.32. The average molecular weight is 469 g/mol. The van der Waals surface area contributed by atoms with Gasteiger partial charge in [-0.1, -0.05) is 48.6 Å². The van der Waals surface area contributed by atoms with Crippen LogP contribution in [0.1, 0.15) is 26.7 Å². The number of rotatable bonds is 14. The van der Waals surface area contributed by atoms with Crippen LogP contribution in [0.3, 0.4) is 0 Å². The number of hydrogen-bond donors (Lipinski definition) is 0. The van der Waals surface area contributed by atoms with Crippen molar-refractivity contribution in [3.63, 3.8) is 0 Å². The molecule has 0 saturated carbocycles. The quantitative estimate of drug-likeness (QED) is 0.155. The molecule has 2 rings (SSSR count). The molecule has 0 heterocycles. The molecule has 33 heavy (non-hydrogen) atoms. The highest BCUT2D eigenvalue weighted by atomic mass is 28.4. The summed E-state index contributed by atoms with van der Waals surface area (Å²) >= 11 is 0. The smallest absolute Gasteiger partial charge is 0.460 e. The monoisotopic (exact) mass is 468 g/mol. The Hall–Kier alpha value is -3.32. The second-order valence-electron chi connectivity index (χ2n) is 7.28. The zero-order chi connectivity index (χ0) is 23.8. The lowest BCUT2D eigenvalue weighted by Crippen LogP contribution is -2.49. The standard InChI is InChI=1S/C26H32O6Si/c1-3-13-25(27)29-19-11-21-33(31-23-15-7-5-8-16-23,32-24-17-9-6-10-18-24)22-12-20-30-26(28)14-4-2/h3-10,13-18H,11-12,19-22H2,1-2H3. The van der Waals surface area contributed by atoms with Gasteiger partial charge in [0.05, 0.1) is 13.2 Å². The Morgan fingerprint density at radius 1 is 0.697 bits per heavy atom. The van der Waals surface area contributed by atoms with Crippen LogP contribution in [-0.4, -0.2) is 33.7 Å². The third-order valence-corrected chi connectivity index (χ3v) is 8.04. The first-order valence-electron chi connectivity index (χ1n) is 11.1. The van der Waals surface area contributed by atoms with E-state index in [1.807, 2.05) is 60.7 Å². The zero-order valence-corrected chi connectivity index (χ0v) is 20.3. The van der Waals surface area contributed by atoms with Gasteiger partial charge in [0.1, 0.15) is 11.5 Å². The van der Waals surface area contributed by atoms with Gasteiger partial charge in [0.25, 0.3) is 0 Å². The summed E-state index contributed by atoms with van der Waals surface area (Å²) in [5.41, 5.74) is 0. The molecule has 2 aromatic carbocycles. The normalized spacial score (nSPS) is 11.5. The first-order chi connectivity index (χ1) is 16.1. The number of ether oxygens (including phenoxy) is 2. The number of allylic oxidation sites excluding steroid dienone is 2. The molecule has 0 fully saturated rings. The summed E-state index contributed by atoms with van der Waals surface area (Å²) in [6.07, 6.45) is 7.26. The maximum absolute atomic E-state index is 11.7. The van der Waals surface area contributed by atoms with E-state index in [9.17, 15) is 9.59 Å². The summed E-state index contributed by atoms with van der Waals surface area (Å²) in [6, 6.07) is 20.3. The molecule has 0 unspecified atom stereocenters. The van der Waals surface area contributed by atoms with E-state index in [1.165, 1.54) is 12.2 Å². The van der Waals surface area contributed by atoms with E-state index in [2.05, 4.69) is 0 Å². The number of esters is 2. The molecule has 0 radical (unpaired) electrons. The van der Waals surface area contributed by atoms with Gasteiger partial charge in [-0.3, -0.25) is 0 Å². The molecular weight excluding hydrogens is 436 g/mol. The number of hydrogen-bond acceptors (Lipinski definition) is 6. The molecule has 0 bridgehead atoms. The van der Waals surface area contributed by atoms with Crippen LogP contribution >= 0.6 is 0 Å². The first kappa shape index (κ1) is 25.9. The Labute approximate surface area is 197 Å². The number of carbonyl (C=O) groups excluding carboxylic acids is 2. The molecule has 0 amide bonds.